The van der Waals surface area contributed by atoms with Gasteiger partial charge in [0.05, 0.1) is 0 Å². The Kier molecular flexibility index (Phi) is 3.61. The van der Waals surface area contributed by atoms with Crippen LogP contribution in [-0.4, -0.2) is 0 Å². The van der Waals surface area contributed by atoms with Gasteiger partial charge in [-0.2, -0.15) is 0 Å². The minimum Gasteiger partial charge on any atom is -0.270 e. The molecule has 0 fully saturated rings. The second-order valence-electron chi connectivity index (χ2n) is 4.73. The molecule has 0 amide bonds. The molecule has 2 nitrogen and oxygen atoms in total. The smallest absolute Gasteiger partial charge is 0.131 e. The summed E-state index contributed by atoms with van der Waals surface area (Å²) in [4.78, 5) is 5.60. The Morgan fingerprint density at radius 3 is 2.26 bits per heavy atom. The second-order valence-corrected chi connectivity index (χ2v) is 4.73. The first-order valence-corrected chi connectivity index (χ1v) is 6.63. The Hall–Kier alpha value is -2.06. The average Bonchev–Trinajstić information content (AvgIpc) is 2.96. The summed E-state index contributed by atoms with van der Waals surface area (Å²) in [7, 11) is 0. The average molecular weight is 251 g/mol. The monoisotopic (exact) mass is 251 g/mol. The third-order valence-corrected chi connectivity index (χ3v) is 3.32. The van der Waals surface area contributed by atoms with Gasteiger partial charge < -0.3 is 0 Å². The number of aryl methyl sites for hydroxylation is 1. The van der Waals surface area contributed by atoms with Gasteiger partial charge in [0.25, 0.3) is 0 Å². The van der Waals surface area contributed by atoms with Crippen LogP contribution in [0.1, 0.15) is 23.7 Å². The molecule has 2 heteroatoms. The molecule has 3 rings (SSSR count). The van der Waals surface area contributed by atoms with Crippen molar-refractivity contribution in [3.63, 3.8) is 0 Å². The lowest BCUT2D eigenvalue weighted by atomic mass is 10.1. The summed E-state index contributed by atoms with van der Waals surface area (Å²) in [5, 5.41) is 0. The Morgan fingerprint density at radius 2 is 1.53 bits per heavy atom. The predicted molar refractivity (Wildman–Crippen MR) is 76.2 cm³/mol. The number of nitrogens with one attached hydrogen (secondary N) is 1. The van der Waals surface area contributed by atoms with Crippen LogP contribution in [-0.2, 0) is 11.3 Å². The van der Waals surface area contributed by atoms with Gasteiger partial charge in [-0.15, -0.1) is 0 Å². The predicted octanol–water partition coefficient (Wildman–Crippen LogP) is 3.78. The van der Waals surface area contributed by atoms with Crippen molar-refractivity contribution in [2.45, 2.75) is 18.9 Å². The number of rotatable bonds is 4. The van der Waals surface area contributed by atoms with Crippen molar-refractivity contribution in [2.24, 2.45) is 0 Å². The molecule has 0 aliphatic carbocycles. The van der Waals surface area contributed by atoms with Crippen molar-refractivity contribution < 1.29 is 4.84 Å². The van der Waals surface area contributed by atoms with Crippen LogP contribution in [0.4, 0.5) is 0 Å². The summed E-state index contributed by atoms with van der Waals surface area (Å²) < 4.78 is 0. The van der Waals surface area contributed by atoms with Crippen molar-refractivity contribution in [3.05, 3.63) is 83.6 Å². The summed E-state index contributed by atoms with van der Waals surface area (Å²) in [5.74, 6) is 0. The fraction of sp³-hybridized carbons (Fsp3) is 0.176. The standard InChI is InChI=1S/C17H17NO/c1-3-7-14(8-4-1)11-12-16-13-17(19-18-16)15-9-5-2-6-10-15/h1-10,13,17-18H,11-12H2. The summed E-state index contributed by atoms with van der Waals surface area (Å²) >= 11 is 0. The van der Waals surface area contributed by atoms with Crippen LogP contribution < -0.4 is 5.48 Å². The van der Waals surface area contributed by atoms with Gasteiger partial charge in [-0.1, -0.05) is 60.7 Å². The van der Waals surface area contributed by atoms with Gasteiger partial charge in [0, 0.05) is 5.70 Å². The number of hydrogen-bond donors (Lipinski definition) is 1. The first-order chi connectivity index (χ1) is 9.42. The lowest BCUT2D eigenvalue weighted by Crippen LogP contribution is -2.08. The van der Waals surface area contributed by atoms with Crippen LogP contribution in [0.3, 0.4) is 0 Å². The van der Waals surface area contributed by atoms with Crippen molar-refractivity contribution in [3.8, 4) is 0 Å². The van der Waals surface area contributed by atoms with E-state index < -0.39 is 0 Å². The van der Waals surface area contributed by atoms with Crippen molar-refractivity contribution in [2.75, 3.05) is 0 Å². The third kappa shape index (κ3) is 3.04. The number of allylic oxidation sites excluding steroid dienone is 1. The van der Waals surface area contributed by atoms with Crippen LogP contribution in [0.25, 0.3) is 0 Å². The molecule has 96 valence electrons. The Morgan fingerprint density at radius 1 is 0.842 bits per heavy atom. The molecule has 19 heavy (non-hydrogen) atoms. The van der Waals surface area contributed by atoms with E-state index in [1.165, 1.54) is 11.1 Å². The molecule has 1 aliphatic rings. The van der Waals surface area contributed by atoms with Crippen LogP contribution in [0.15, 0.2) is 72.4 Å². The molecule has 2 aromatic rings. The van der Waals surface area contributed by atoms with Crippen molar-refractivity contribution in [1.29, 1.82) is 0 Å². The molecule has 1 N–H and O–H groups in total. The second kappa shape index (κ2) is 5.72. The van der Waals surface area contributed by atoms with E-state index in [1.54, 1.807) is 0 Å². The number of hydroxylamine groups is 1. The van der Waals surface area contributed by atoms with E-state index in [4.69, 9.17) is 4.84 Å². The Labute approximate surface area is 113 Å². The van der Waals surface area contributed by atoms with Crippen LogP contribution in [0.5, 0.6) is 0 Å². The fourth-order valence-electron chi connectivity index (χ4n) is 2.25. The minimum absolute atomic E-state index is 0.0342. The van der Waals surface area contributed by atoms with E-state index in [0.29, 0.717) is 0 Å². The Bertz CT molecular complexity index is 548. The molecule has 0 saturated heterocycles. The van der Waals surface area contributed by atoms with Gasteiger partial charge >= 0.3 is 0 Å². The van der Waals surface area contributed by atoms with Gasteiger partial charge in [0.1, 0.15) is 6.10 Å². The first kappa shape index (κ1) is 12.0. The van der Waals surface area contributed by atoms with E-state index in [1.807, 2.05) is 24.3 Å². The molecule has 0 saturated carbocycles. The number of hydrogen-bond acceptors (Lipinski definition) is 2. The summed E-state index contributed by atoms with van der Waals surface area (Å²) in [6.07, 6.45) is 4.21. The van der Waals surface area contributed by atoms with E-state index in [-0.39, 0.29) is 6.10 Å². The van der Waals surface area contributed by atoms with Gasteiger partial charge in [0.2, 0.25) is 0 Å². The van der Waals surface area contributed by atoms with Crippen LogP contribution in [0.2, 0.25) is 0 Å². The Balaban J connectivity index is 1.61. The van der Waals surface area contributed by atoms with Crippen molar-refractivity contribution in [1.82, 2.24) is 5.48 Å². The molecule has 2 aromatic carbocycles. The first-order valence-electron chi connectivity index (χ1n) is 6.63. The molecule has 1 atom stereocenters. The molecule has 0 radical (unpaired) electrons. The highest BCUT2D eigenvalue weighted by atomic mass is 16.7. The zero-order valence-electron chi connectivity index (χ0n) is 10.8. The summed E-state index contributed by atoms with van der Waals surface area (Å²) in [6.45, 7) is 0. The zero-order chi connectivity index (χ0) is 12.9. The largest absolute Gasteiger partial charge is 0.270 e. The maximum Gasteiger partial charge on any atom is 0.131 e. The minimum atomic E-state index is 0.0342. The van der Waals surface area contributed by atoms with E-state index in [9.17, 15) is 0 Å². The highest BCUT2D eigenvalue weighted by Crippen LogP contribution is 2.25. The number of benzene rings is 2. The topological polar surface area (TPSA) is 21.3 Å². The fourth-order valence-corrected chi connectivity index (χ4v) is 2.25. The molecule has 0 bridgehead atoms. The molecule has 0 aromatic heterocycles. The van der Waals surface area contributed by atoms with Gasteiger partial charge in [-0.05, 0) is 30.0 Å². The van der Waals surface area contributed by atoms with Gasteiger partial charge in [0.15, 0.2) is 0 Å². The van der Waals surface area contributed by atoms with E-state index >= 15 is 0 Å². The van der Waals surface area contributed by atoms with E-state index in [0.717, 1.165) is 18.5 Å². The quantitative estimate of drug-likeness (QED) is 0.893. The van der Waals surface area contributed by atoms with Gasteiger partial charge in [-0.3, -0.25) is 10.3 Å². The molecular weight excluding hydrogens is 234 g/mol. The summed E-state index contributed by atoms with van der Waals surface area (Å²) in [5.41, 5.74) is 6.74. The zero-order valence-corrected chi connectivity index (χ0v) is 10.8. The van der Waals surface area contributed by atoms with E-state index in [2.05, 4.69) is 48.0 Å². The lowest BCUT2D eigenvalue weighted by molar-refractivity contribution is 0.0408. The maximum absolute atomic E-state index is 5.60. The molecule has 1 unspecified atom stereocenters. The molecular formula is C17H17NO. The molecule has 1 heterocycles. The third-order valence-electron chi connectivity index (χ3n) is 3.32. The highest BCUT2D eigenvalue weighted by molar-refractivity contribution is 5.25. The lowest BCUT2D eigenvalue weighted by Gasteiger charge is -2.06. The SMILES string of the molecule is C1=C(CCc2ccccc2)NOC1c1ccccc1. The normalized spacial score (nSPS) is 17.9. The summed E-state index contributed by atoms with van der Waals surface area (Å²) in [6, 6.07) is 20.8. The van der Waals surface area contributed by atoms with Crippen LogP contribution in [0, 0.1) is 0 Å². The van der Waals surface area contributed by atoms with Crippen LogP contribution >= 0.6 is 0 Å². The molecule has 1 aliphatic heterocycles. The van der Waals surface area contributed by atoms with Gasteiger partial charge in [-0.25, -0.2) is 0 Å². The molecule has 0 spiro atoms. The maximum atomic E-state index is 5.60. The van der Waals surface area contributed by atoms with Crippen molar-refractivity contribution >= 4 is 0 Å². The highest BCUT2D eigenvalue weighted by Gasteiger charge is 2.17.